The van der Waals surface area contributed by atoms with Crippen LogP contribution in [0.4, 0.5) is 0 Å². The Morgan fingerprint density at radius 2 is 1.59 bits per heavy atom. The summed E-state index contributed by atoms with van der Waals surface area (Å²) in [5, 5.41) is 27.0. The molecule has 6 aliphatic heterocycles. The number of rotatable bonds is 9. The molecular formula is C49H73NO14. The molecule has 15 heteroatoms. The van der Waals surface area contributed by atoms with Crippen molar-refractivity contribution in [3.8, 4) is 0 Å². The highest BCUT2D eigenvalue weighted by Gasteiger charge is 2.64. The molecule has 0 aromatic carbocycles. The monoisotopic (exact) mass is 900 g/mol. The van der Waals surface area contributed by atoms with Gasteiger partial charge in [0.1, 0.15) is 24.2 Å². The van der Waals surface area contributed by atoms with Gasteiger partial charge in [0, 0.05) is 51.7 Å². The number of ether oxygens (including phenoxy) is 10. The Kier molecular flexibility index (Phi) is 15.5. The van der Waals surface area contributed by atoms with Crippen LogP contribution in [0.1, 0.15) is 93.9 Å². The van der Waals surface area contributed by atoms with Crippen LogP contribution in [-0.4, -0.2) is 141 Å². The van der Waals surface area contributed by atoms with Crippen molar-refractivity contribution in [3.63, 3.8) is 0 Å². The topological polar surface area (TPSA) is 179 Å². The van der Waals surface area contributed by atoms with Crippen LogP contribution in [0.3, 0.4) is 0 Å². The molecule has 7 aliphatic rings. The van der Waals surface area contributed by atoms with Crippen LogP contribution in [0.2, 0.25) is 0 Å². The van der Waals surface area contributed by atoms with Crippen LogP contribution >= 0.6 is 0 Å². The highest BCUT2D eigenvalue weighted by Crippen LogP contribution is 2.47. The lowest BCUT2D eigenvalue weighted by Gasteiger charge is -2.48. The van der Waals surface area contributed by atoms with Crippen LogP contribution in [0.25, 0.3) is 0 Å². The van der Waals surface area contributed by atoms with Crippen molar-refractivity contribution in [1.82, 2.24) is 5.32 Å². The number of fused-ring (bicyclic) bond motifs is 2. The van der Waals surface area contributed by atoms with Crippen molar-refractivity contribution < 1.29 is 67.2 Å². The van der Waals surface area contributed by atoms with Gasteiger partial charge in [-0.25, -0.2) is 4.79 Å². The van der Waals surface area contributed by atoms with Gasteiger partial charge >= 0.3 is 11.9 Å². The minimum Gasteiger partial charge on any atom is -0.462 e. The van der Waals surface area contributed by atoms with Gasteiger partial charge in [0.05, 0.1) is 54.3 Å². The molecule has 20 atom stereocenters. The quantitative estimate of drug-likeness (QED) is 0.205. The van der Waals surface area contributed by atoms with Crippen LogP contribution in [-0.2, 0) is 57.0 Å². The van der Waals surface area contributed by atoms with Gasteiger partial charge in [-0.05, 0) is 70.4 Å². The molecule has 64 heavy (non-hydrogen) atoms. The number of nitrogens with one attached hydrogen (secondary N) is 1. The molecule has 0 amide bonds. The third kappa shape index (κ3) is 9.78. The maximum absolute atomic E-state index is 14.4. The van der Waals surface area contributed by atoms with Crippen LogP contribution < -0.4 is 5.32 Å². The number of carbonyl (C=O) groups excluding carboxylic acids is 2. The second kappa shape index (κ2) is 20.2. The summed E-state index contributed by atoms with van der Waals surface area (Å²) in [4.78, 5) is 27.9. The van der Waals surface area contributed by atoms with E-state index in [0.29, 0.717) is 31.3 Å². The van der Waals surface area contributed by atoms with Crippen LogP contribution in [0.15, 0.2) is 59.3 Å². The van der Waals surface area contributed by atoms with Gasteiger partial charge in [-0.15, -0.1) is 0 Å². The van der Waals surface area contributed by atoms with E-state index in [1.54, 1.807) is 27.2 Å². The number of hydrogen-bond acceptors (Lipinski definition) is 15. The average molecular weight is 900 g/mol. The first-order valence-electron chi connectivity index (χ1n) is 23.4. The predicted octanol–water partition coefficient (Wildman–Crippen LogP) is 5.13. The van der Waals surface area contributed by atoms with E-state index in [9.17, 15) is 19.8 Å². The second-order valence-electron chi connectivity index (χ2n) is 19.3. The summed E-state index contributed by atoms with van der Waals surface area (Å²) in [7, 11) is 5.25. The van der Waals surface area contributed by atoms with E-state index >= 15 is 0 Å². The molecule has 15 nitrogen and oxygen atoms in total. The minimum atomic E-state index is -2.20. The number of esters is 2. The summed E-state index contributed by atoms with van der Waals surface area (Å²) in [5.41, 5.74) is -1.06. The molecule has 3 N–H and O–H groups in total. The van der Waals surface area contributed by atoms with Crippen LogP contribution in [0, 0.1) is 23.7 Å². The second-order valence-corrected chi connectivity index (χ2v) is 19.3. The van der Waals surface area contributed by atoms with Gasteiger partial charge < -0.3 is 62.9 Å². The Balaban J connectivity index is 1.19. The lowest BCUT2D eigenvalue weighted by Crippen LogP contribution is -2.58. The number of methoxy groups -OCH3 is 2. The Morgan fingerprint density at radius 3 is 2.30 bits per heavy atom. The molecule has 0 radical (unpaired) electrons. The number of likely N-dealkylation sites (N-methyl/N-ethyl adjacent to an activating group) is 1. The van der Waals surface area contributed by atoms with Crippen molar-refractivity contribution in [2.24, 2.45) is 23.7 Å². The summed E-state index contributed by atoms with van der Waals surface area (Å²) in [5.74, 6) is -3.98. The molecule has 4 fully saturated rings. The molecule has 0 saturated carbocycles. The maximum atomic E-state index is 14.4. The Morgan fingerprint density at radius 1 is 0.891 bits per heavy atom. The summed E-state index contributed by atoms with van der Waals surface area (Å²) in [6.45, 7) is 16.0. The van der Waals surface area contributed by atoms with Gasteiger partial charge in [-0.3, -0.25) is 4.79 Å². The zero-order valence-corrected chi connectivity index (χ0v) is 39.5. The predicted molar refractivity (Wildman–Crippen MR) is 234 cm³/mol. The number of aliphatic hydroxyl groups is 2. The lowest BCUT2D eigenvalue weighted by atomic mass is 9.70. The van der Waals surface area contributed by atoms with Crippen molar-refractivity contribution in [3.05, 3.63) is 59.3 Å². The normalized spacial score (nSPS) is 47.1. The zero-order chi connectivity index (χ0) is 46.2. The first-order valence-corrected chi connectivity index (χ1v) is 23.4. The lowest BCUT2D eigenvalue weighted by molar-refractivity contribution is -0.312. The standard InChI is InChI=1S/C49H73NO14/c1-12-25(2)43-28(5)18-19-48(64-43)24-33-21-32(63-48)17-16-27(4)42(26(3)14-13-15-34-46(52)62-45-41(51)29(6)20-35(47(53)59-33)49(34,45)54)60-39-23-37(56-11)44(31(8)58-39)61-38-22-36(55-10)40(50-9)30(7)57-38/h13-16,18-20,25-26,28,30-33,35-45,50-51,54H,12,17,21-24H2,1-11H3/b14-13-,27-16-,34-15?/t25-,26-,28-,30-,31-,32+,33-,35-,36-,37-,38-,39-,40+,41+,42-,43+,44-,45+,48+,49+/m0/s1. The number of hydrogen-bond donors (Lipinski definition) is 3. The van der Waals surface area contributed by atoms with E-state index in [2.05, 4.69) is 38.2 Å². The van der Waals surface area contributed by atoms with Gasteiger partial charge in [-0.1, -0.05) is 64.5 Å². The van der Waals surface area contributed by atoms with Gasteiger partial charge in [0.2, 0.25) is 0 Å². The van der Waals surface area contributed by atoms with E-state index < -0.39 is 84.6 Å². The zero-order valence-electron chi connectivity index (χ0n) is 39.5. The molecule has 1 spiro atoms. The van der Waals surface area contributed by atoms with Gasteiger partial charge in [0.15, 0.2) is 30.1 Å². The van der Waals surface area contributed by atoms with E-state index in [0.717, 1.165) is 12.0 Å². The molecule has 4 saturated heterocycles. The average Bonchev–Trinajstić information content (AvgIpc) is 3.53. The SMILES string of the molecule is CC[C@H](C)[C@H]1O[C@]2(C=C[C@@H]1C)C[C@@H]1C[C@@H](C/C=C(/C)[C@@H](O[C@H]3C[C@H](OC)[C@@H](O[C@H]4C[C@H](OC)[C@H](NC)[C@H](C)O4)[C@H](C)O3)[C@@H](C)/C=C\C=C3C(=O)O[C@@H]4[C@H](O)C(C)=C[C@@H](C(=O)O1)[C@]34O)O2. The molecule has 0 aromatic rings. The Hall–Kier alpha value is -2.80. The van der Waals surface area contributed by atoms with Gasteiger partial charge in [0.25, 0.3) is 0 Å². The van der Waals surface area contributed by atoms with Gasteiger partial charge in [-0.2, -0.15) is 0 Å². The Bertz CT molecular complexity index is 1830. The highest BCUT2D eigenvalue weighted by molar-refractivity contribution is 5.97. The van der Waals surface area contributed by atoms with E-state index in [1.807, 2.05) is 46.9 Å². The molecule has 0 aromatic heterocycles. The summed E-state index contributed by atoms with van der Waals surface area (Å²) in [6, 6.07) is 0.0262. The molecule has 1 aliphatic carbocycles. The summed E-state index contributed by atoms with van der Waals surface area (Å²) in [6.07, 6.45) is 8.35. The first kappa shape index (κ1) is 49.1. The first-order chi connectivity index (χ1) is 30.4. The molecule has 0 unspecified atom stereocenters. The van der Waals surface area contributed by atoms with E-state index in [1.165, 1.54) is 12.2 Å². The molecule has 7 rings (SSSR count). The number of aliphatic hydroxyl groups excluding tert-OH is 1. The maximum Gasteiger partial charge on any atom is 0.337 e. The van der Waals surface area contributed by atoms with Crippen molar-refractivity contribution in [1.29, 1.82) is 0 Å². The third-order valence-electron chi connectivity index (χ3n) is 14.8. The van der Waals surface area contributed by atoms with Crippen molar-refractivity contribution in [2.45, 2.75) is 191 Å². The smallest absolute Gasteiger partial charge is 0.337 e. The number of carbonyl (C=O) groups is 2. The molecular weight excluding hydrogens is 827 g/mol. The minimum absolute atomic E-state index is 0.0262. The fourth-order valence-corrected chi connectivity index (χ4v) is 10.9. The number of allylic oxidation sites excluding steroid dienone is 2. The largest absolute Gasteiger partial charge is 0.462 e. The van der Waals surface area contributed by atoms with Crippen LogP contribution in [0.5, 0.6) is 0 Å². The molecule has 358 valence electrons. The summed E-state index contributed by atoms with van der Waals surface area (Å²) < 4.78 is 63.9. The fourth-order valence-electron chi connectivity index (χ4n) is 10.9. The van der Waals surface area contributed by atoms with E-state index in [-0.39, 0.29) is 60.2 Å². The summed E-state index contributed by atoms with van der Waals surface area (Å²) >= 11 is 0. The fraction of sp³-hybridized carbons (Fsp3) is 0.755. The molecule has 6 heterocycles. The highest BCUT2D eigenvalue weighted by atomic mass is 16.7. The Labute approximate surface area is 378 Å². The third-order valence-corrected chi connectivity index (χ3v) is 14.8. The van der Waals surface area contributed by atoms with Crippen molar-refractivity contribution in [2.75, 3.05) is 21.3 Å². The van der Waals surface area contributed by atoms with Crippen molar-refractivity contribution >= 4 is 11.9 Å². The van der Waals surface area contributed by atoms with E-state index in [4.69, 9.17) is 47.4 Å². The molecule has 2 bridgehead atoms.